The predicted molar refractivity (Wildman–Crippen MR) is 54.1 cm³/mol. The summed E-state index contributed by atoms with van der Waals surface area (Å²) in [6.45, 7) is 0. The first-order valence-electron chi connectivity index (χ1n) is 3.88. The fourth-order valence-electron chi connectivity index (χ4n) is 1.27. The summed E-state index contributed by atoms with van der Waals surface area (Å²) in [5.41, 5.74) is 0. The molecule has 0 aliphatic rings. The zero-order chi connectivity index (χ0) is 9.10. The lowest BCUT2D eigenvalue weighted by Gasteiger charge is -1.99. The largest absolute Gasteiger partial charge is 0.403 e. The van der Waals surface area contributed by atoms with Crippen LogP contribution in [0.3, 0.4) is 0 Å². The van der Waals surface area contributed by atoms with Crippen LogP contribution in [0.25, 0.3) is 10.8 Å². The lowest BCUT2D eigenvalue weighted by molar-refractivity contribution is 0.582. The Labute approximate surface area is 79.8 Å². The van der Waals surface area contributed by atoms with Gasteiger partial charge in [0.25, 0.3) is 0 Å². The van der Waals surface area contributed by atoms with Crippen molar-refractivity contribution in [1.29, 1.82) is 0 Å². The summed E-state index contributed by atoms with van der Waals surface area (Å²) in [6, 6.07) is 13.6. The van der Waals surface area contributed by atoms with Crippen LogP contribution in [0.5, 0.6) is 5.75 Å². The summed E-state index contributed by atoms with van der Waals surface area (Å²) in [5, 5.41) is 2.24. The fourth-order valence-corrected chi connectivity index (χ4v) is 1.47. The second kappa shape index (κ2) is 3.58. The lowest BCUT2D eigenvalue weighted by atomic mass is 10.1. The molecule has 0 radical (unpaired) electrons. The number of rotatable bonds is 2. The normalized spacial score (nSPS) is 10.2. The molecule has 2 aromatic carbocycles. The number of benzene rings is 2. The summed E-state index contributed by atoms with van der Waals surface area (Å²) < 4.78 is 15.0. The molecule has 0 spiro atoms. The molecule has 0 saturated carbocycles. The Bertz CT molecular complexity index is 440. The van der Waals surface area contributed by atoms with E-state index in [0.29, 0.717) is 5.75 Å². The molecule has 0 heterocycles. The van der Waals surface area contributed by atoms with Crippen LogP contribution in [-0.2, 0) is 11.9 Å². The summed E-state index contributed by atoms with van der Waals surface area (Å²) in [6.07, 6.45) is 0. The molecular weight excluding hydrogens is 184 g/mol. The van der Waals surface area contributed by atoms with Gasteiger partial charge in [0.15, 0.2) is 11.9 Å². The summed E-state index contributed by atoms with van der Waals surface area (Å²) in [7, 11) is 0. The van der Waals surface area contributed by atoms with Crippen LogP contribution in [0, 0.1) is 0 Å². The molecule has 0 aromatic heterocycles. The predicted octanol–water partition coefficient (Wildman–Crippen LogP) is 2.08. The van der Waals surface area contributed by atoms with Crippen LogP contribution in [0.4, 0.5) is 0 Å². The Morgan fingerprint density at radius 3 is 2.54 bits per heavy atom. The van der Waals surface area contributed by atoms with Gasteiger partial charge >= 0.3 is 0 Å². The maximum absolute atomic E-state index is 10.2. The Kier molecular flexibility index (Phi) is 2.27. The van der Waals surface area contributed by atoms with Crippen molar-refractivity contribution in [3.63, 3.8) is 0 Å². The molecule has 0 saturated heterocycles. The van der Waals surface area contributed by atoms with Crippen LogP contribution < -0.4 is 4.18 Å². The molecule has 0 aliphatic carbocycles. The lowest BCUT2D eigenvalue weighted by Crippen LogP contribution is -1.83. The minimum atomic E-state index is -0.315. The zero-order valence-electron chi connectivity index (χ0n) is 6.81. The van der Waals surface area contributed by atoms with E-state index in [4.69, 9.17) is 4.18 Å². The zero-order valence-corrected chi connectivity index (χ0v) is 7.70. The van der Waals surface area contributed by atoms with Crippen LogP contribution in [-0.4, -0.2) is 4.21 Å². The molecule has 2 rings (SSSR count). The number of hydrogen-bond acceptors (Lipinski definition) is 2. The summed E-state index contributed by atoms with van der Waals surface area (Å²) in [5.74, 6) is 0.621. The molecule has 2 aromatic rings. The van der Waals surface area contributed by atoms with Gasteiger partial charge in [-0.25, -0.2) is 4.21 Å². The Morgan fingerprint density at radius 1 is 1.00 bits per heavy atom. The van der Waals surface area contributed by atoms with Gasteiger partial charge in [-0.3, -0.25) is 0 Å². The number of hydrogen-bond donors (Lipinski definition) is 1. The van der Waals surface area contributed by atoms with Crippen molar-refractivity contribution in [2.45, 2.75) is 0 Å². The van der Waals surface area contributed by atoms with E-state index in [1.54, 1.807) is 6.07 Å². The molecule has 0 bridgehead atoms. The first kappa shape index (κ1) is 8.26. The van der Waals surface area contributed by atoms with Crippen LogP contribution in [0.15, 0.2) is 42.5 Å². The van der Waals surface area contributed by atoms with Gasteiger partial charge in [-0.15, -0.1) is 0 Å². The average Bonchev–Trinajstić information content (AvgIpc) is 2.18. The molecule has 0 amide bonds. The van der Waals surface area contributed by atoms with Gasteiger partial charge in [0, 0.05) is 0 Å². The van der Waals surface area contributed by atoms with Crippen LogP contribution >= 0.6 is 0 Å². The minimum Gasteiger partial charge on any atom is -0.403 e. The first-order chi connectivity index (χ1) is 6.40. The third-order valence-electron chi connectivity index (χ3n) is 1.86. The van der Waals surface area contributed by atoms with Crippen molar-refractivity contribution in [2.75, 3.05) is 0 Å². The van der Waals surface area contributed by atoms with Crippen molar-refractivity contribution in [2.24, 2.45) is 0 Å². The van der Waals surface area contributed by atoms with E-state index < -0.39 is 0 Å². The SMILES string of the molecule is O=[SH]Oc1ccc2ccccc2c1. The van der Waals surface area contributed by atoms with E-state index in [0.717, 1.165) is 10.8 Å². The third kappa shape index (κ3) is 1.70. The van der Waals surface area contributed by atoms with Gasteiger partial charge in [0.05, 0.1) is 0 Å². The van der Waals surface area contributed by atoms with E-state index in [9.17, 15) is 4.21 Å². The smallest absolute Gasteiger partial charge is 0.193 e. The monoisotopic (exact) mass is 192 g/mol. The second-order valence-electron chi connectivity index (χ2n) is 2.67. The van der Waals surface area contributed by atoms with Crippen molar-refractivity contribution < 1.29 is 8.39 Å². The molecule has 0 N–H and O–H groups in total. The van der Waals surface area contributed by atoms with Gasteiger partial charge in [-0.1, -0.05) is 30.3 Å². The molecule has 3 heteroatoms. The van der Waals surface area contributed by atoms with Crippen molar-refractivity contribution in [3.8, 4) is 5.75 Å². The molecule has 2 nitrogen and oxygen atoms in total. The van der Waals surface area contributed by atoms with E-state index in [1.807, 2.05) is 36.4 Å². The quantitative estimate of drug-likeness (QED) is 0.737. The minimum absolute atomic E-state index is 0.315. The summed E-state index contributed by atoms with van der Waals surface area (Å²) in [4.78, 5) is 0. The number of fused-ring (bicyclic) bond motifs is 1. The van der Waals surface area contributed by atoms with Crippen molar-refractivity contribution in [3.05, 3.63) is 42.5 Å². The first-order valence-corrected chi connectivity index (χ1v) is 4.61. The maximum Gasteiger partial charge on any atom is 0.193 e. The topological polar surface area (TPSA) is 26.3 Å². The van der Waals surface area contributed by atoms with Gasteiger partial charge in [0.1, 0.15) is 5.75 Å². The van der Waals surface area contributed by atoms with E-state index >= 15 is 0 Å². The highest BCUT2D eigenvalue weighted by molar-refractivity contribution is 7.60. The molecule has 66 valence electrons. The van der Waals surface area contributed by atoms with Crippen molar-refractivity contribution in [1.82, 2.24) is 0 Å². The third-order valence-corrected chi connectivity index (χ3v) is 2.15. The fraction of sp³-hybridized carbons (Fsp3) is 0. The molecular formula is C10H8O2S. The van der Waals surface area contributed by atoms with E-state index in [-0.39, 0.29) is 11.9 Å². The molecule has 0 aliphatic heterocycles. The van der Waals surface area contributed by atoms with Gasteiger partial charge < -0.3 is 4.18 Å². The average molecular weight is 192 g/mol. The standard InChI is InChI=1S/C10H8O2S/c11-13-12-10-6-5-8-3-1-2-4-9(8)7-10/h1-7,13H. The molecule has 0 atom stereocenters. The van der Waals surface area contributed by atoms with Gasteiger partial charge in [0.2, 0.25) is 0 Å². The van der Waals surface area contributed by atoms with Crippen LogP contribution in [0.1, 0.15) is 0 Å². The van der Waals surface area contributed by atoms with Crippen LogP contribution in [0.2, 0.25) is 0 Å². The maximum atomic E-state index is 10.2. The Morgan fingerprint density at radius 2 is 1.77 bits per heavy atom. The Balaban J connectivity index is 2.55. The van der Waals surface area contributed by atoms with E-state index in [1.165, 1.54) is 0 Å². The molecule has 0 unspecified atom stereocenters. The highest BCUT2D eigenvalue weighted by Gasteiger charge is 1.94. The number of thiol groups is 1. The summed E-state index contributed by atoms with van der Waals surface area (Å²) >= 11 is -0.315. The molecule has 0 fully saturated rings. The van der Waals surface area contributed by atoms with Gasteiger partial charge in [-0.2, -0.15) is 0 Å². The highest BCUT2D eigenvalue weighted by Crippen LogP contribution is 2.20. The Hall–Kier alpha value is -1.35. The van der Waals surface area contributed by atoms with E-state index in [2.05, 4.69) is 0 Å². The van der Waals surface area contributed by atoms with Crippen molar-refractivity contribution >= 4 is 22.7 Å². The second-order valence-corrected chi connectivity index (χ2v) is 3.01. The highest BCUT2D eigenvalue weighted by atomic mass is 32.2. The van der Waals surface area contributed by atoms with Gasteiger partial charge in [-0.05, 0) is 22.9 Å². The molecule has 13 heavy (non-hydrogen) atoms.